The van der Waals surface area contributed by atoms with Crippen molar-refractivity contribution in [1.82, 2.24) is 25.7 Å². The van der Waals surface area contributed by atoms with Crippen LogP contribution in [0.3, 0.4) is 0 Å². The van der Waals surface area contributed by atoms with Gasteiger partial charge in [0.25, 0.3) is 5.91 Å². The Hall–Kier alpha value is -2.02. The molecule has 1 aromatic rings. The molecule has 2 amide bonds. The minimum atomic E-state index is -0.477. The SMILES string of the molecule is CCNC(=O)C1CNCCN1C(=O)c1ccnnc1. The lowest BCUT2D eigenvalue weighted by Gasteiger charge is -2.35. The van der Waals surface area contributed by atoms with Crippen molar-refractivity contribution in [2.24, 2.45) is 0 Å². The smallest absolute Gasteiger partial charge is 0.256 e. The summed E-state index contributed by atoms with van der Waals surface area (Å²) in [5.74, 6) is -0.322. The standard InChI is InChI=1S/C12H17N5O2/c1-2-14-11(18)10-8-13-5-6-17(10)12(19)9-3-4-15-16-7-9/h3-4,7,10,13H,2,5-6,8H2,1H3,(H,14,18). The molecule has 102 valence electrons. The van der Waals surface area contributed by atoms with Gasteiger partial charge in [-0.2, -0.15) is 10.2 Å². The zero-order valence-corrected chi connectivity index (χ0v) is 10.8. The Bertz CT molecular complexity index is 451. The molecule has 0 saturated carbocycles. The molecular formula is C12H17N5O2. The lowest BCUT2D eigenvalue weighted by atomic mass is 10.1. The summed E-state index contributed by atoms with van der Waals surface area (Å²) in [7, 11) is 0. The van der Waals surface area contributed by atoms with E-state index in [1.807, 2.05) is 6.92 Å². The molecule has 1 unspecified atom stereocenters. The Balaban J connectivity index is 2.15. The number of rotatable bonds is 3. The van der Waals surface area contributed by atoms with Crippen LogP contribution in [0.25, 0.3) is 0 Å². The van der Waals surface area contributed by atoms with Crippen LogP contribution in [0.1, 0.15) is 17.3 Å². The van der Waals surface area contributed by atoms with E-state index in [1.54, 1.807) is 11.0 Å². The molecule has 19 heavy (non-hydrogen) atoms. The van der Waals surface area contributed by atoms with Crippen molar-refractivity contribution < 1.29 is 9.59 Å². The topological polar surface area (TPSA) is 87.2 Å². The lowest BCUT2D eigenvalue weighted by Crippen LogP contribution is -2.59. The van der Waals surface area contributed by atoms with E-state index in [1.165, 1.54) is 12.4 Å². The van der Waals surface area contributed by atoms with Crippen molar-refractivity contribution in [3.05, 3.63) is 24.0 Å². The predicted molar refractivity (Wildman–Crippen MR) is 68.4 cm³/mol. The van der Waals surface area contributed by atoms with Crippen LogP contribution in [0.2, 0.25) is 0 Å². The zero-order chi connectivity index (χ0) is 13.7. The number of hydrogen-bond acceptors (Lipinski definition) is 5. The fourth-order valence-corrected chi connectivity index (χ4v) is 2.06. The van der Waals surface area contributed by atoms with Crippen molar-refractivity contribution >= 4 is 11.8 Å². The molecule has 1 aromatic heterocycles. The summed E-state index contributed by atoms with van der Waals surface area (Å²) in [6.45, 7) is 4.06. The molecule has 1 fully saturated rings. The third-order valence-corrected chi connectivity index (χ3v) is 2.99. The number of piperazine rings is 1. The molecule has 2 N–H and O–H groups in total. The number of carbonyl (C=O) groups is 2. The Morgan fingerprint density at radius 2 is 2.37 bits per heavy atom. The van der Waals surface area contributed by atoms with Crippen LogP contribution in [0.5, 0.6) is 0 Å². The summed E-state index contributed by atoms with van der Waals surface area (Å²) in [5.41, 5.74) is 0.450. The minimum Gasteiger partial charge on any atom is -0.355 e. The van der Waals surface area contributed by atoms with Gasteiger partial charge in [0.2, 0.25) is 5.91 Å². The van der Waals surface area contributed by atoms with E-state index in [0.717, 1.165) is 0 Å². The quantitative estimate of drug-likeness (QED) is 0.732. The van der Waals surface area contributed by atoms with Crippen LogP contribution in [0.15, 0.2) is 18.5 Å². The van der Waals surface area contributed by atoms with E-state index in [4.69, 9.17) is 0 Å². The molecule has 7 nitrogen and oxygen atoms in total. The van der Waals surface area contributed by atoms with Crippen molar-refractivity contribution in [1.29, 1.82) is 0 Å². The molecule has 0 spiro atoms. The molecule has 1 aliphatic rings. The normalized spacial score (nSPS) is 19.0. The van der Waals surface area contributed by atoms with Crippen LogP contribution in [0, 0.1) is 0 Å². The van der Waals surface area contributed by atoms with E-state index in [0.29, 0.717) is 31.7 Å². The fourth-order valence-electron chi connectivity index (χ4n) is 2.06. The molecule has 2 heterocycles. The maximum absolute atomic E-state index is 12.4. The van der Waals surface area contributed by atoms with Crippen molar-refractivity contribution in [2.75, 3.05) is 26.2 Å². The second-order valence-electron chi connectivity index (χ2n) is 4.24. The Kier molecular flexibility index (Phi) is 4.40. The van der Waals surface area contributed by atoms with E-state index in [9.17, 15) is 9.59 Å². The summed E-state index contributed by atoms with van der Waals surface area (Å²) in [4.78, 5) is 25.9. The van der Waals surface area contributed by atoms with Gasteiger partial charge < -0.3 is 15.5 Å². The average molecular weight is 263 g/mol. The second-order valence-corrected chi connectivity index (χ2v) is 4.24. The molecule has 1 atom stereocenters. The van der Waals surface area contributed by atoms with Gasteiger partial charge in [0.15, 0.2) is 0 Å². The van der Waals surface area contributed by atoms with Crippen molar-refractivity contribution in [3.8, 4) is 0 Å². The highest BCUT2D eigenvalue weighted by Crippen LogP contribution is 2.09. The minimum absolute atomic E-state index is 0.134. The average Bonchev–Trinajstić information content (AvgIpc) is 2.47. The number of likely N-dealkylation sites (N-methyl/N-ethyl adjacent to an activating group) is 1. The highest BCUT2D eigenvalue weighted by atomic mass is 16.2. The Labute approximate surface area is 111 Å². The monoisotopic (exact) mass is 263 g/mol. The molecule has 0 aromatic carbocycles. The van der Waals surface area contributed by atoms with E-state index < -0.39 is 6.04 Å². The first-order chi connectivity index (χ1) is 9.24. The van der Waals surface area contributed by atoms with Crippen LogP contribution >= 0.6 is 0 Å². The van der Waals surface area contributed by atoms with E-state index in [2.05, 4.69) is 20.8 Å². The molecule has 2 rings (SSSR count). The van der Waals surface area contributed by atoms with Gasteiger partial charge in [-0.1, -0.05) is 0 Å². The summed E-state index contributed by atoms with van der Waals surface area (Å²) < 4.78 is 0. The Morgan fingerprint density at radius 1 is 1.53 bits per heavy atom. The lowest BCUT2D eigenvalue weighted by molar-refractivity contribution is -0.126. The molecular weight excluding hydrogens is 246 g/mol. The summed E-state index contributed by atoms with van der Waals surface area (Å²) in [6, 6.07) is 1.13. The molecule has 0 radical (unpaired) electrons. The highest BCUT2D eigenvalue weighted by molar-refractivity contribution is 5.97. The first-order valence-corrected chi connectivity index (χ1v) is 6.30. The van der Waals surface area contributed by atoms with Crippen LogP contribution in [0.4, 0.5) is 0 Å². The summed E-state index contributed by atoms with van der Waals surface area (Å²) in [5, 5.41) is 13.2. The molecule has 0 bridgehead atoms. The maximum Gasteiger partial charge on any atom is 0.256 e. The van der Waals surface area contributed by atoms with Crippen LogP contribution in [-0.4, -0.2) is 59.1 Å². The van der Waals surface area contributed by atoms with Crippen molar-refractivity contribution in [3.63, 3.8) is 0 Å². The number of hydrogen-bond donors (Lipinski definition) is 2. The number of nitrogens with zero attached hydrogens (tertiary/aromatic N) is 3. The third-order valence-electron chi connectivity index (χ3n) is 2.99. The maximum atomic E-state index is 12.4. The van der Waals surface area contributed by atoms with Gasteiger partial charge in [-0.25, -0.2) is 0 Å². The van der Waals surface area contributed by atoms with Gasteiger partial charge in [0.05, 0.1) is 18.0 Å². The van der Waals surface area contributed by atoms with Crippen LogP contribution in [-0.2, 0) is 4.79 Å². The van der Waals surface area contributed by atoms with Gasteiger partial charge >= 0.3 is 0 Å². The van der Waals surface area contributed by atoms with Gasteiger partial charge in [0.1, 0.15) is 6.04 Å². The van der Waals surface area contributed by atoms with Gasteiger partial charge in [0, 0.05) is 26.2 Å². The van der Waals surface area contributed by atoms with E-state index in [-0.39, 0.29) is 11.8 Å². The number of amides is 2. The molecule has 0 aliphatic carbocycles. The van der Waals surface area contributed by atoms with Gasteiger partial charge in [-0.15, -0.1) is 0 Å². The number of aromatic nitrogens is 2. The largest absolute Gasteiger partial charge is 0.355 e. The fraction of sp³-hybridized carbons (Fsp3) is 0.500. The number of carbonyl (C=O) groups excluding carboxylic acids is 2. The second kappa shape index (κ2) is 6.24. The first-order valence-electron chi connectivity index (χ1n) is 6.30. The van der Waals surface area contributed by atoms with Crippen LogP contribution < -0.4 is 10.6 Å². The number of nitrogens with one attached hydrogen (secondary N) is 2. The Morgan fingerprint density at radius 3 is 3.05 bits per heavy atom. The van der Waals surface area contributed by atoms with Gasteiger partial charge in [-0.05, 0) is 13.0 Å². The highest BCUT2D eigenvalue weighted by Gasteiger charge is 2.32. The first kappa shape index (κ1) is 13.4. The predicted octanol–water partition coefficient (Wildman–Crippen LogP) is -0.973. The summed E-state index contributed by atoms with van der Waals surface area (Å²) >= 11 is 0. The summed E-state index contributed by atoms with van der Waals surface area (Å²) in [6.07, 6.45) is 2.88. The van der Waals surface area contributed by atoms with Gasteiger partial charge in [-0.3, -0.25) is 9.59 Å². The van der Waals surface area contributed by atoms with Crippen molar-refractivity contribution in [2.45, 2.75) is 13.0 Å². The molecule has 1 saturated heterocycles. The zero-order valence-electron chi connectivity index (χ0n) is 10.8. The van der Waals surface area contributed by atoms with E-state index >= 15 is 0 Å². The molecule has 7 heteroatoms. The molecule has 1 aliphatic heterocycles. The third kappa shape index (κ3) is 3.05.